The summed E-state index contributed by atoms with van der Waals surface area (Å²) in [6.45, 7) is 4.00. The van der Waals surface area contributed by atoms with Crippen molar-refractivity contribution in [3.8, 4) is 0 Å². The Morgan fingerprint density at radius 3 is 2.88 bits per heavy atom. The van der Waals surface area contributed by atoms with E-state index >= 15 is 0 Å². The van der Waals surface area contributed by atoms with Crippen molar-refractivity contribution in [3.05, 3.63) is 51.5 Å². The van der Waals surface area contributed by atoms with Gasteiger partial charge < -0.3 is 5.11 Å². The lowest BCUT2D eigenvalue weighted by Gasteiger charge is -2.12. The third kappa shape index (κ3) is 2.49. The number of hydrogen-bond donors (Lipinski definition) is 1. The fourth-order valence-electron chi connectivity index (χ4n) is 1.79. The van der Waals surface area contributed by atoms with Crippen molar-refractivity contribution >= 4 is 11.3 Å². The first kappa shape index (κ1) is 11.3. The van der Waals surface area contributed by atoms with E-state index in [4.69, 9.17) is 0 Å². The highest BCUT2D eigenvalue weighted by Gasteiger charge is 2.13. The molecule has 0 aliphatic rings. The average molecular weight is 233 g/mol. The number of thiophene rings is 1. The molecule has 3 heteroatoms. The van der Waals surface area contributed by atoms with Crippen molar-refractivity contribution in [2.24, 2.45) is 0 Å². The molecule has 1 unspecified atom stereocenters. The topological polar surface area (TPSA) is 33.1 Å². The molecule has 0 fully saturated rings. The largest absolute Gasteiger partial charge is 0.386 e. The van der Waals surface area contributed by atoms with E-state index in [9.17, 15) is 5.11 Å². The molecule has 2 heterocycles. The number of nitrogens with zero attached hydrogens (tertiary/aromatic N) is 1. The molecule has 0 bridgehead atoms. The van der Waals surface area contributed by atoms with Gasteiger partial charge in [-0.15, -0.1) is 11.3 Å². The van der Waals surface area contributed by atoms with Gasteiger partial charge in [-0.3, -0.25) is 4.98 Å². The number of aromatic nitrogens is 1. The lowest BCUT2D eigenvalue weighted by atomic mass is 10.1. The van der Waals surface area contributed by atoms with E-state index in [-0.39, 0.29) is 0 Å². The molecule has 2 aromatic rings. The maximum absolute atomic E-state index is 10.1. The highest BCUT2D eigenvalue weighted by atomic mass is 32.1. The van der Waals surface area contributed by atoms with Crippen molar-refractivity contribution in [1.29, 1.82) is 0 Å². The van der Waals surface area contributed by atoms with E-state index in [2.05, 4.69) is 11.1 Å². The van der Waals surface area contributed by atoms with Crippen molar-refractivity contribution in [1.82, 2.24) is 4.98 Å². The first-order valence-corrected chi connectivity index (χ1v) is 6.18. The molecule has 0 aromatic carbocycles. The van der Waals surface area contributed by atoms with E-state index in [0.717, 1.165) is 16.8 Å². The Morgan fingerprint density at radius 1 is 1.44 bits per heavy atom. The second-order valence-corrected chi connectivity index (χ2v) is 5.05. The molecule has 0 amide bonds. The molecule has 0 aliphatic heterocycles. The van der Waals surface area contributed by atoms with Gasteiger partial charge in [-0.25, -0.2) is 0 Å². The standard InChI is InChI=1S/C13H15NOS/c1-9-6-10(2)13(14-8-9)12(15)7-11-4-3-5-16-11/h3-6,8,12,15H,7H2,1-2H3. The number of aliphatic hydroxyl groups is 1. The van der Waals surface area contributed by atoms with Gasteiger partial charge in [0.25, 0.3) is 0 Å². The van der Waals surface area contributed by atoms with Crippen LogP contribution in [0.1, 0.15) is 27.8 Å². The van der Waals surface area contributed by atoms with Crippen LogP contribution in [0, 0.1) is 13.8 Å². The summed E-state index contributed by atoms with van der Waals surface area (Å²) >= 11 is 1.67. The average Bonchev–Trinajstić information content (AvgIpc) is 2.70. The number of pyridine rings is 1. The van der Waals surface area contributed by atoms with Gasteiger partial charge in [0, 0.05) is 17.5 Å². The third-order valence-corrected chi connectivity index (χ3v) is 3.44. The van der Waals surface area contributed by atoms with Gasteiger partial charge in [-0.2, -0.15) is 0 Å². The molecule has 2 rings (SSSR count). The van der Waals surface area contributed by atoms with E-state index in [1.807, 2.05) is 31.4 Å². The van der Waals surface area contributed by atoms with Gasteiger partial charge in [-0.05, 0) is 36.4 Å². The van der Waals surface area contributed by atoms with Crippen LogP contribution in [0.5, 0.6) is 0 Å². The Kier molecular flexibility index (Phi) is 3.36. The van der Waals surface area contributed by atoms with E-state index < -0.39 is 6.10 Å². The summed E-state index contributed by atoms with van der Waals surface area (Å²) in [4.78, 5) is 5.50. The van der Waals surface area contributed by atoms with Gasteiger partial charge in [0.2, 0.25) is 0 Å². The zero-order valence-electron chi connectivity index (χ0n) is 9.47. The highest BCUT2D eigenvalue weighted by Crippen LogP contribution is 2.22. The summed E-state index contributed by atoms with van der Waals surface area (Å²) in [6.07, 6.45) is 1.95. The Hall–Kier alpha value is -1.19. The van der Waals surface area contributed by atoms with Crippen LogP contribution < -0.4 is 0 Å². The SMILES string of the molecule is Cc1cnc(C(O)Cc2cccs2)c(C)c1. The van der Waals surface area contributed by atoms with Gasteiger partial charge in [-0.1, -0.05) is 12.1 Å². The molecule has 16 heavy (non-hydrogen) atoms. The molecule has 0 aliphatic carbocycles. The third-order valence-electron chi connectivity index (χ3n) is 2.55. The number of rotatable bonds is 3. The second-order valence-electron chi connectivity index (χ2n) is 4.01. The fraction of sp³-hybridized carbons (Fsp3) is 0.308. The molecule has 0 radical (unpaired) electrons. The predicted molar refractivity (Wildman–Crippen MR) is 66.7 cm³/mol. The molecule has 84 valence electrons. The summed E-state index contributed by atoms with van der Waals surface area (Å²) in [7, 11) is 0. The minimum Gasteiger partial charge on any atom is -0.386 e. The Labute approximate surface area is 99.6 Å². The Bertz CT molecular complexity index is 465. The highest BCUT2D eigenvalue weighted by molar-refractivity contribution is 7.09. The first-order valence-electron chi connectivity index (χ1n) is 5.30. The van der Waals surface area contributed by atoms with Crippen molar-refractivity contribution in [2.75, 3.05) is 0 Å². The molecular weight excluding hydrogens is 218 g/mol. The first-order chi connectivity index (χ1) is 7.66. The molecule has 0 saturated carbocycles. The monoisotopic (exact) mass is 233 g/mol. The van der Waals surface area contributed by atoms with Crippen LogP contribution in [0.2, 0.25) is 0 Å². The smallest absolute Gasteiger partial charge is 0.101 e. The maximum Gasteiger partial charge on any atom is 0.101 e. The zero-order chi connectivity index (χ0) is 11.5. The molecule has 2 aromatic heterocycles. The van der Waals surface area contributed by atoms with Crippen molar-refractivity contribution < 1.29 is 5.11 Å². The lowest BCUT2D eigenvalue weighted by molar-refractivity contribution is 0.174. The van der Waals surface area contributed by atoms with E-state index in [0.29, 0.717) is 6.42 Å². The summed E-state index contributed by atoms with van der Waals surface area (Å²) in [5.41, 5.74) is 2.98. The Balaban J connectivity index is 2.17. The Morgan fingerprint density at radius 2 is 2.25 bits per heavy atom. The minimum atomic E-state index is -0.501. The van der Waals surface area contributed by atoms with Gasteiger partial charge in [0.05, 0.1) is 5.69 Å². The van der Waals surface area contributed by atoms with Crippen LogP contribution in [0.4, 0.5) is 0 Å². The lowest BCUT2D eigenvalue weighted by Crippen LogP contribution is -2.05. The summed E-state index contributed by atoms with van der Waals surface area (Å²) < 4.78 is 0. The summed E-state index contributed by atoms with van der Waals surface area (Å²) in [6, 6.07) is 6.10. The van der Waals surface area contributed by atoms with E-state index in [1.54, 1.807) is 17.5 Å². The van der Waals surface area contributed by atoms with Crippen LogP contribution in [0.3, 0.4) is 0 Å². The van der Waals surface area contributed by atoms with E-state index in [1.165, 1.54) is 4.88 Å². The quantitative estimate of drug-likeness (QED) is 0.884. The predicted octanol–water partition coefficient (Wildman–Crippen LogP) is 3.04. The summed E-state index contributed by atoms with van der Waals surface area (Å²) in [5.74, 6) is 0. The van der Waals surface area contributed by atoms with Crippen LogP contribution in [0.25, 0.3) is 0 Å². The van der Waals surface area contributed by atoms with Gasteiger partial charge in [0.1, 0.15) is 6.10 Å². The number of aryl methyl sites for hydroxylation is 2. The van der Waals surface area contributed by atoms with Crippen LogP contribution in [-0.2, 0) is 6.42 Å². The van der Waals surface area contributed by atoms with Crippen LogP contribution >= 0.6 is 11.3 Å². The molecule has 2 nitrogen and oxygen atoms in total. The number of hydrogen-bond acceptors (Lipinski definition) is 3. The maximum atomic E-state index is 10.1. The molecule has 0 saturated heterocycles. The molecule has 0 spiro atoms. The van der Waals surface area contributed by atoms with Crippen molar-refractivity contribution in [3.63, 3.8) is 0 Å². The molecule has 1 N–H and O–H groups in total. The molecule has 1 atom stereocenters. The number of aliphatic hydroxyl groups excluding tert-OH is 1. The van der Waals surface area contributed by atoms with Crippen LogP contribution in [0.15, 0.2) is 29.8 Å². The van der Waals surface area contributed by atoms with Gasteiger partial charge in [0.15, 0.2) is 0 Å². The van der Waals surface area contributed by atoms with Crippen molar-refractivity contribution in [2.45, 2.75) is 26.4 Å². The van der Waals surface area contributed by atoms with Crippen LogP contribution in [-0.4, -0.2) is 10.1 Å². The normalized spacial score (nSPS) is 12.7. The van der Waals surface area contributed by atoms with Gasteiger partial charge >= 0.3 is 0 Å². The second kappa shape index (κ2) is 4.76. The minimum absolute atomic E-state index is 0.501. The summed E-state index contributed by atoms with van der Waals surface area (Å²) in [5, 5.41) is 12.1. The zero-order valence-corrected chi connectivity index (χ0v) is 10.3. The fourth-order valence-corrected chi connectivity index (χ4v) is 2.53. The molecular formula is C13H15NOS.